The summed E-state index contributed by atoms with van der Waals surface area (Å²) in [4.78, 5) is 47.6. The van der Waals surface area contributed by atoms with Crippen LogP contribution >= 0.6 is 0 Å². The van der Waals surface area contributed by atoms with Crippen LogP contribution < -0.4 is 10.6 Å². The molecule has 0 aromatic heterocycles. The topological polar surface area (TPSA) is 131 Å². The lowest BCUT2D eigenvalue weighted by Gasteiger charge is -2.21. The van der Waals surface area contributed by atoms with Crippen LogP contribution in [0.25, 0.3) is 11.1 Å². The second-order valence-corrected chi connectivity index (χ2v) is 7.71. The summed E-state index contributed by atoms with van der Waals surface area (Å²) in [6.07, 6.45) is -1.37. The quantitative estimate of drug-likeness (QED) is 0.496. The molecule has 33 heavy (non-hydrogen) atoms. The van der Waals surface area contributed by atoms with Crippen LogP contribution in [0, 0.1) is 0 Å². The largest absolute Gasteiger partial charge is 0.481 e. The summed E-state index contributed by atoms with van der Waals surface area (Å²) in [5.74, 6) is -2.65. The molecule has 174 valence electrons. The summed E-state index contributed by atoms with van der Waals surface area (Å²) in [6.45, 7) is 1.47. The number of fused-ring (bicyclic) bond motifs is 3. The number of hydrogen-bond acceptors (Lipinski definition) is 6. The highest BCUT2D eigenvalue weighted by Crippen LogP contribution is 2.44. The number of amides is 2. The summed E-state index contributed by atoms with van der Waals surface area (Å²) in [6, 6.07) is 13.6. The van der Waals surface area contributed by atoms with Crippen molar-refractivity contribution in [3.63, 3.8) is 0 Å². The molecule has 9 heteroatoms. The number of benzene rings is 2. The Morgan fingerprint density at radius 2 is 1.55 bits per heavy atom. The molecule has 0 saturated heterocycles. The number of esters is 1. The van der Waals surface area contributed by atoms with E-state index in [4.69, 9.17) is 9.84 Å². The maximum atomic E-state index is 12.5. The van der Waals surface area contributed by atoms with Gasteiger partial charge < -0.3 is 25.2 Å². The Labute approximate surface area is 191 Å². The molecule has 3 rings (SSSR count). The van der Waals surface area contributed by atoms with E-state index < -0.39 is 36.0 Å². The van der Waals surface area contributed by atoms with Crippen molar-refractivity contribution in [1.82, 2.24) is 10.6 Å². The third-order valence-corrected chi connectivity index (χ3v) is 5.51. The maximum absolute atomic E-state index is 12.5. The van der Waals surface area contributed by atoms with Crippen molar-refractivity contribution in [3.8, 4) is 11.1 Å². The van der Waals surface area contributed by atoms with E-state index in [1.165, 1.54) is 14.0 Å². The Morgan fingerprint density at radius 3 is 2.09 bits per heavy atom. The van der Waals surface area contributed by atoms with Crippen LogP contribution in [0.4, 0.5) is 4.79 Å². The molecule has 9 nitrogen and oxygen atoms in total. The fourth-order valence-corrected chi connectivity index (χ4v) is 3.87. The highest BCUT2D eigenvalue weighted by Gasteiger charge is 2.30. The molecular weight excluding hydrogens is 428 g/mol. The molecule has 0 bridgehead atoms. The van der Waals surface area contributed by atoms with Gasteiger partial charge in [-0.25, -0.2) is 9.59 Å². The average Bonchev–Trinajstić information content (AvgIpc) is 3.13. The SMILES string of the molecule is COC(=O)[C@H](C)NC(=O)C(CCC(=O)O)NC(=O)OCC1c2ccccc2-c2ccccc21. The van der Waals surface area contributed by atoms with Crippen molar-refractivity contribution in [2.24, 2.45) is 0 Å². The average molecular weight is 454 g/mol. The number of methoxy groups -OCH3 is 1. The zero-order valence-corrected chi connectivity index (χ0v) is 18.4. The Balaban J connectivity index is 1.66. The van der Waals surface area contributed by atoms with E-state index in [0.29, 0.717) is 0 Å². The monoisotopic (exact) mass is 454 g/mol. The second-order valence-electron chi connectivity index (χ2n) is 7.71. The van der Waals surface area contributed by atoms with Crippen LogP contribution in [0.1, 0.15) is 36.8 Å². The van der Waals surface area contributed by atoms with Gasteiger partial charge in [0.15, 0.2) is 0 Å². The number of rotatable bonds is 9. The number of carbonyl (C=O) groups excluding carboxylic acids is 3. The summed E-state index contributed by atoms with van der Waals surface area (Å²) < 4.78 is 10.00. The molecule has 2 atom stereocenters. The summed E-state index contributed by atoms with van der Waals surface area (Å²) in [5, 5.41) is 13.8. The van der Waals surface area contributed by atoms with Crippen LogP contribution in [0.15, 0.2) is 48.5 Å². The maximum Gasteiger partial charge on any atom is 0.407 e. The molecule has 0 radical (unpaired) electrons. The lowest BCUT2D eigenvalue weighted by molar-refractivity contribution is -0.145. The number of alkyl carbamates (subject to hydrolysis) is 1. The first kappa shape index (κ1) is 23.8. The number of aliphatic carboxylic acids is 1. The van der Waals surface area contributed by atoms with E-state index in [2.05, 4.69) is 15.4 Å². The Kier molecular flexibility index (Phi) is 7.66. The molecule has 1 unspecified atom stereocenters. The van der Waals surface area contributed by atoms with Crippen molar-refractivity contribution in [2.75, 3.05) is 13.7 Å². The predicted molar refractivity (Wildman–Crippen MR) is 118 cm³/mol. The van der Waals surface area contributed by atoms with Gasteiger partial charge in [0.25, 0.3) is 0 Å². The summed E-state index contributed by atoms with van der Waals surface area (Å²) >= 11 is 0. The van der Waals surface area contributed by atoms with Crippen molar-refractivity contribution in [2.45, 2.75) is 37.8 Å². The van der Waals surface area contributed by atoms with E-state index in [9.17, 15) is 19.2 Å². The molecule has 0 spiro atoms. The number of carbonyl (C=O) groups is 4. The Bertz CT molecular complexity index is 1010. The fraction of sp³-hybridized carbons (Fsp3) is 0.333. The zero-order valence-electron chi connectivity index (χ0n) is 18.4. The smallest absolute Gasteiger partial charge is 0.407 e. The molecule has 0 saturated carbocycles. The van der Waals surface area contributed by atoms with Gasteiger partial charge in [-0.2, -0.15) is 0 Å². The molecule has 2 aromatic rings. The standard InChI is InChI=1S/C24H26N2O7/c1-14(23(30)32-2)25-22(29)20(11-12-21(27)28)26-24(31)33-13-19-17-9-5-3-7-15(17)16-8-4-6-10-18(16)19/h3-10,14,19-20H,11-13H2,1-2H3,(H,25,29)(H,26,31)(H,27,28)/t14-,20?/m0/s1. The minimum Gasteiger partial charge on any atom is -0.481 e. The third-order valence-electron chi connectivity index (χ3n) is 5.51. The van der Waals surface area contributed by atoms with Gasteiger partial charge in [-0.15, -0.1) is 0 Å². The predicted octanol–water partition coefficient (Wildman–Crippen LogP) is 2.44. The molecular formula is C24H26N2O7. The summed E-state index contributed by atoms with van der Waals surface area (Å²) in [5.41, 5.74) is 4.24. The van der Waals surface area contributed by atoms with Crippen molar-refractivity contribution >= 4 is 23.9 Å². The normalized spacial score (nSPS) is 13.8. The van der Waals surface area contributed by atoms with Gasteiger partial charge in [-0.3, -0.25) is 9.59 Å². The number of carboxylic acids is 1. The highest BCUT2D eigenvalue weighted by atomic mass is 16.5. The first-order valence-corrected chi connectivity index (χ1v) is 10.5. The minimum atomic E-state index is -1.19. The molecule has 1 aliphatic rings. The van der Waals surface area contributed by atoms with Crippen molar-refractivity contribution in [1.29, 1.82) is 0 Å². The highest BCUT2D eigenvalue weighted by molar-refractivity contribution is 5.89. The van der Waals surface area contributed by atoms with Gasteiger partial charge in [-0.05, 0) is 35.6 Å². The van der Waals surface area contributed by atoms with Crippen LogP contribution in [0.3, 0.4) is 0 Å². The van der Waals surface area contributed by atoms with Crippen LogP contribution in [0.2, 0.25) is 0 Å². The second kappa shape index (κ2) is 10.6. The van der Waals surface area contributed by atoms with Crippen LogP contribution in [-0.2, 0) is 23.9 Å². The van der Waals surface area contributed by atoms with Gasteiger partial charge in [0.2, 0.25) is 5.91 Å². The van der Waals surface area contributed by atoms with Crippen molar-refractivity contribution in [3.05, 3.63) is 59.7 Å². The number of hydrogen-bond donors (Lipinski definition) is 3. The first-order valence-electron chi connectivity index (χ1n) is 10.5. The lowest BCUT2D eigenvalue weighted by atomic mass is 9.98. The zero-order chi connectivity index (χ0) is 24.0. The molecule has 2 amide bonds. The molecule has 0 aliphatic heterocycles. The first-order chi connectivity index (χ1) is 15.8. The number of nitrogens with one attached hydrogen (secondary N) is 2. The van der Waals surface area contributed by atoms with Crippen LogP contribution in [-0.4, -0.2) is 54.8 Å². The fourth-order valence-electron chi connectivity index (χ4n) is 3.87. The third kappa shape index (κ3) is 5.68. The molecule has 3 N–H and O–H groups in total. The van der Waals surface area contributed by atoms with E-state index in [-0.39, 0.29) is 25.4 Å². The van der Waals surface area contributed by atoms with E-state index in [1.54, 1.807) is 0 Å². The van der Waals surface area contributed by atoms with Gasteiger partial charge in [-0.1, -0.05) is 48.5 Å². The summed E-state index contributed by atoms with van der Waals surface area (Å²) in [7, 11) is 1.18. The van der Waals surface area contributed by atoms with E-state index >= 15 is 0 Å². The van der Waals surface area contributed by atoms with E-state index in [1.807, 2.05) is 48.5 Å². The van der Waals surface area contributed by atoms with E-state index in [0.717, 1.165) is 22.3 Å². The Morgan fingerprint density at radius 1 is 0.970 bits per heavy atom. The number of carboxylic acid groups (broad SMARTS) is 1. The van der Waals surface area contributed by atoms with Gasteiger partial charge in [0.05, 0.1) is 7.11 Å². The Hall–Kier alpha value is -3.88. The minimum absolute atomic E-state index is 0.0473. The van der Waals surface area contributed by atoms with Gasteiger partial charge >= 0.3 is 18.0 Å². The van der Waals surface area contributed by atoms with Crippen molar-refractivity contribution < 1.29 is 33.8 Å². The molecule has 1 aliphatic carbocycles. The van der Waals surface area contributed by atoms with Crippen LogP contribution in [0.5, 0.6) is 0 Å². The van der Waals surface area contributed by atoms with Gasteiger partial charge in [0, 0.05) is 12.3 Å². The molecule has 2 aromatic carbocycles. The van der Waals surface area contributed by atoms with Gasteiger partial charge in [0.1, 0.15) is 18.7 Å². The lowest BCUT2D eigenvalue weighted by Crippen LogP contribution is -2.51. The molecule has 0 fully saturated rings. The molecule has 0 heterocycles. The number of ether oxygens (including phenoxy) is 2.